The predicted octanol–water partition coefficient (Wildman–Crippen LogP) is 4.04. The molecular weight excluding hydrogens is 1500 g/mol. The van der Waals surface area contributed by atoms with Crippen LogP contribution in [0.4, 0.5) is 0 Å². The SMILES string of the molecule is COc1cc(C(=O)O)cc(CO)c1OC(CO)C(c1cc(CO)c(O)c(CO)c1)c1cccc(CO)c1O.COc1cc(C(=O)O)cc(CO)c1OC(CO)C(c1cc(CO)c(O)c(CO)c1)c1cccc(CO)c1O.COc1cc(C(=O)O)cc(CO)c1OC(CO)C(c1cc(CO)c(O)c(CO)c1)c1cccc(CO)c1O. The Balaban J connectivity index is 0.000000237. The van der Waals surface area contributed by atoms with Gasteiger partial charge in [-0.15, -0.1) is 0 Å². The summed E-state index contributed by atoms with van der Waals surface area (Å²) in [6, 6.07) is 29.5. The molecule has 0 saturated carbocycles. The first-order valence-corrected chi connectivity index (χ1v) is 34.6. The number of ether oxygens (including phenoxy) is 6. The second-order valence-electron chi connectivity index (χ2n) is 25.4. The Morgan fingerprint density at radius 2 is 0.474 bits per heavy atom. The van der Waals surface area contributed by atoms with Crippen molar-refractivity contribution in [2.24, 2.45) is 0 Å². The van der Waals surface area contributed by atoms with Gasteiger partial charge in [0.05, 0.1) is 155 Å². The Kier molecular flexibility index (Phi) is 32.8. The zero-order valence-corrected chi connectivity index (χ0v) is 61.6. The summed E-state index contributed by atoms with van der Waals surface area (Å²) in [5.41, 5.74) is 2.30. The molecular formula is C81H90O33. The number of para-hydroxylation sites is 3. The van der Waals surface area contributed by atoms with Crippen molar-refractivity contribution in [2.75, 3.05) is 41.2 Å². The van der Waals surface area contributed by atoms with Crippen LogP contribution in [0, 0.1) is 0 Å². The summed E-state index contributed by atoms with van der Waals surface area (Å²) in [5.74, 6) is -8.90. The topological polar surface area (TPSA) is 592 Å². The molecule has 9 rings (SSSR count). The number of carboxylic acids is 3. The monoisotopic (exact) mass is 1590 g/mol. The van der Waals surface area contributed by atoms with Crippen molar-refractivity contribution in [3.63, 3.8) is 0 Å². The molecule has 9 aromatic carbocycles. The maximum atomic E-state index is 11.5. The number of hydrogen-bond donors (Lipinski definition) is 24. The minimum Gasteiger partial charge on any atom is -0.507 e. The van der Waals surface area contributed by atoms with Crippen molar-refractivity contribution >= 4 is 17.9 Å². The molecule has 24 N–H and O–H groups in total. The molecule has 33 nitrogen and oxygen atoms in total. The minimum atomic E-state index is -1.26. The number of rotatable bonds is 36. The molecule has 0 aliphatic heterocycles. The second-order valence-corrected chi connectivity index (χ2v) is 25.4. The summed E-state index contributed by atoms with van der Waals surface area (Å²) in [5, 5.41) is 241. The lowest BCUT2D eigenvalue weighted by Gasteiger charge is -2.30. The second kappa shape index (κ2) is 41.8. The normalized spacial score (nSPS) is 12.7. The van der Waals surface area contributed by atoms with E-state index in [9.17, 15) is 137 Å². The number of benzene rings is 9. The van der Waals surface area contributed by atoms with Crippen LogP contribution in [0.2, 0.25) is 0 Å². The molecule has 114 heavy (non-hydrogen) atoms. The molecule has 0 bridgehead atoms. The summed E-state index contributed by atoms with van der Waals surface area (Å²) in [7, 11) is 3.83. The molecule has 0 aromatic heterocycles. The van der Waals surface area contributed by atoms with E-state index in [-0.39, 0.29) is 169 Å². The Hall–Kier alpha value is -11.6. The summed E-state index contributed by atoms with van der Waals surface area (Å²) >= 11 is 0. The van der Waals surface area contributed by atoms with Crippen LogP contribution in [-0.4, -0.2) is 200 Å². The highest BCUT2D eigenvalue weighted by Gasteiger charge is 2.37. The van der Waals surface area contributed by atoms with Crippen LogP contribution in [0.5, 0.6) is 69.0 Å². The van der Waals surface area contributed by atoms with Crippen molar-refractivity contribution in [3.8, 4) is 69.0 Å². The number of aliphatic hydroxyl groups excluding tert-OH is 15. The quantitative estimate of drug-likeness (QED) is 0.0263. The van der Waals surface area contributed by atoms with Crippen molar-refractivity contribution in [1.29, 1.82) is 0 Å². The lowest BCUT2D eigenvalue weighted by Crippen LogP contribution is -2.31. The molecule has 0 aliphatic carbocycles. The average molecular weight is 1590 g/mol. The number of carbonyl (C=O) groups is 3. The van der Waals surface area contributed by atoms with Crippen LogP contribution in [0.3, 0.4) is 0 Å². The number of hydrogen-bond acceptors (Lipinski definition) is 30. The highest BCUT2D eigenvalue weighted by atomic mass is 16.5. The molecule has 0 fully saturated rings. The molecule has 0 amide bonds. The van der Waals surface area contributed by atoms with Gasteiger partial charge in [0.25, 0.3) is 0 Å². The van der Waals surface area contributed by atoms with Crippen LogP contribution in [0.1, 0.15) is 149 Å². The van der Waals surface area contributed by atoms with Crippen molar-refractivity contribution in [2.45, 2.75) is 115 Å². The Labute approximate surface area is 650 Å². The summed E-state index contributed by atoms with van der Waals surface area (Å²) in [6.07, 6.45) is -3.65. The standard InChI is InChI=1S/3C27H30O11/c3*1-37-21-8-16(27(35)36)7-19(12-31)26(21)38-22(13-32)23(20-4-2-3-14(9-28)25(20)34)15-5-17(10-29)24(33)18(6-15)11-30/h3*2-8,22-23,28-34H,9-13H2,1H3,(H,35,36). The van der Waals surface area contributed by atoms with Crippen molar-refractivity contribution in [3.05, 3.63) is 244 Å². The van der Waals surface area contributed by atoms with Gasteiger partial charge >= 0.3 is 17.9 Å². The Morgan fingerprint density at radius 3 is 0.640 bits per heavy atom. The lowest BCUT2D eigenvalue weighted by molar-refractivity contribution is 0.0684. The number of phenols is 6. The van der Waals surface area contributed by atoms with Crippen LogP contribution in [0.25, 0.3) is 0 Å². The molecule has 612 valence electrons. The van der Waals surface area contributed by atoms with E-state index in [0.717, 1.165) is 0 Å². The first-order valence-electron chi connectivity index (χ1n) is 34.6. The highest BCUT2D eigenvalue weighted by Crippen LogP contribution is 2.47. The van der Waals surface area contributed by atoms with E-state index in [1.165, 1.54) is 131 Å². The van der Waals surface area contributed by atoms with E-state index in [1.54, 1.807) is 18.2 Å². The van der Waals surface area contributed by atoms with Crippen molar-refractivity contribution in [1.82, 2.24) is 0 Å². The van der Waals surface area contributed by atoms with Gasteiger partial charge in [-0.3, -0.25) is 0 Å². The minimum absolute atomic E-state index is 0.0303. The zero-order valence-electron chi connectivity index (χ0n) is 61.6. The number of aromatic carboxylic acids is 3. The van der Waals surface area contributed by atoms with E-state index in [1.807, 2.05) is 0 Å². The number of methoxy groups -OCH3 is 3. The lowest BCUT2D eigenvalue weighted by atomic mass is 9.83. The molecule has 0 spiro atoms. The smallest absolute Gasteiger partial charge is 0.335 e. The Morgan fingerprint density at radius 1 is 0.272 bits per heavy atom. The number of aliphatic hydroxyl groups is 15. The van der Waals surface area contributed by atoms with E-state index in [0.29, 0.717) is 16.7 Å². The van der Waals surface area contributed by atoms with Crippen molar-refractivity contribution < 1.29 is 165 Å². The molecule has 9 aromatic rings. The van der Waals surface area contributed by atoms with Gasteiger partial charge < -0.3 is 151 Å². The fourth-order valence-electron chi connectivity index (χ4n) is 13.0. The summed E-state index contributed by atoms with van der Waals surface area (Å²) < 4.78 is 34.3. The van der Waals surface area contributed by atoms with E-state index in [4.69, 9.17) is 28.4 Å². The third-order valence-corrected chi connectivity index (χ3v) is 18.7. The third-order valence-electron chi connectivity index (χ3n) is 18.7. The maximum Gasteiger partial charge on any atom is 0.335 e. The van der Waals surface area contributed by atoms with E-state index < -0.39 is 153 Å². The molecule has 0 aliphatic rings. The fourth-order valence-corrected chi connectivity index (χ4v) is 13.0. The largest absolute Gasteiger partial charge is 0.507 e. The first kappa shape index (κ1) is 89.6. The molecule has 0 heterocycles. The summed E-state index contributed by atoms with van der Waals surface area (Å²) in [4.78, 5) is 34.6. The van der Waals surface area contributed by atoms with Crippen LogP contribution in [0.15, 0.2) is 127 Å². The van der Waals surface area contributed by atoms with Crippen LogP contribution < -0.4 is 28.4 Å². The van der Waals surface area contributed by atoms with Crippen LogP contribution in [-0.2, 0) is 79.3 Å². The van der Waals surface area contributed by atoms with Gasteiger partial charge in [0.15, 0.2) is 34.5 Å². The van der Waals surface area contributed by atoms with Gasteiger partial charge in [0.2, 0.25) is 0 Å². The maximum absolute atomic E-state index is 11.5. The predicted molar refractivity (Wildman–Crippen MR) is 400 cm³/mol. The van der Waals surface area contributed by atoms with E-state index >= 15 is 0 Å². The molecule has 33 heteroatoms. The first-order chi connectivity index (χ1) is 54.7. The van der Waals surface area contributed by atoms with Crippen LogP contribution >= 0.6 is 0 Å². The van der Waals surface area contributed by atoms with Gasteiger partial charge in [-0.1, -0.05) is 54.6 Å². The van der Waals surface area contributed by atoms with Gasteiger partial charge in [0.1, 0.15) is 52.8 Å². The third kappa shape index (κ3) is 20.1. The molecule has 0 radical (unpaired) electrons. The number of aromatic hydroxyl groups is 6. The van der Waals surface area contributed by atoms with E-state index in [2.05, 4.69) is 0 Å². The molecule has 0 saturated heterocycles. The fraction of sp³-hybridized carbons (Fsp3) is 0.296. The van der Waals surface area contributed by atoms with Gasteiger partial charge in [-0.2, -0.15) is 0 Å². The summed E-state index contributed by atoms with van der Waals surface area (Å²) in [6.45, 7) is -8.78. The average Bonchev–Trinajstić information content (AvgIpc) is 0.781. The molecule has 6 unspecified atom stereocenters. The number of carboxylic acid groups (broad SMARTS) is 3. The van der Waals surface area contributed by atoms with Gasteiger partial charge in [0, 0.05) is 83.5 Å². The zero-order chi connectivity index (χ0) is 83.9. The Bertz CT molecular complexity index is 4190. The van der Waals surface area contributed by atoms with Gasteiger partial charge in [-0.25, -0.2) is 14.4 Å². The van der Waals surface area contributed by atoms with Gasteiger partial charge in [-0.05, 0) is 89.5 Å². The molecule has 6 atom stereocenters. The highest BCUT2D eigenvalue weighted by molar-refractivity contribution is 5.90.